The van der Waals surface area contributed by atoms with Crippen LogP contribution in [0, 0.1) is 16.7 Å². The lowest BCUT2D eigenvalue weighted by atomic mass is 9.96. The minimum Gasteiger partial charge on any atom is -0.383 e. The maximum Gasteiger partial charge on any atom is 0.416 e. The Morgan fingerprint density at radius 1 is 1.29 bits per heavy atom. The Morgan fingerprint density at radius 3 is 2.47 bits per heavy atom. The van der Waals surface area contributed by atoms with E-state index in [-0.39, 0.29) is 0 Å². The average molecular weight is 242 g/mol. The zero-order chi connectivity index (χ0) is 13.1. The van der Waals surface area contributed by atoms with Crippen LogP contribution in [-0.4, -0.2) is 6.54 Å². The number of hydrogen-bond donors (Lipinski definition) is 1. The van der Waals surface area contributed by atoms with Crippen LogP contribution in [0.3, 0.4) is 0 Å². The number of hydrogen-bond acceptors (Lipinski definition) is 2. The molecule has 0 bridgehead atoms. The van der Waals surface area contributed by atoms with Crippen molar-refractivity contribution in [1.29, 1.82) is 5.26 Å². The van der Waals surface area contributed by atoms with Crippen molar-refractivity contribution in [3.63, 3.8) is 0 Å². The quantitative estimate of drug-likeness (QED) is 0.877. The molecule has 0 unspecified atom stereocenters. The Balaban J connectivity index is 2.78. The second-order valence-electron chi connectivity index (χ2n) is 4.43. The average Bonchev–Trinajstić information content (AvgIpc) is 2.26. The van der Waals surface area contributed by atoms with Gasteiger partial charge in [-0.1, -0.05) is 6.07 Å². The van der Waals surface area contributed by atoms with Gasteiger partial charge in [0.25, 0.3) is 0 Å². The SMILES string of the molecule is CC(C)(C#N)CNc1cccc(C(F)(F)F)c1. The fourth-order valence-electron chi connectivity index (χ4n) is 1.17. The first kappa shape index (κ1) is 13.4. The molecule has 5 heteroatoms. The summed E-state index contributed by atoms with van der Waals surface area (Å²) in [7, 11) is 0. The molecular formula is C12H13F3N2. The van der Waals surface area contributed by atoms with Crippen molar-refractivity contribution in [1.82, 2.24) is 0 Å². The van der Waals surface area contributed by atoms with Gasteiger partial charge in [-0.25, -0.2) is 0 Å². The summed E-state index contributed by atoms with van der Waals surface area (Å²) in [6.07, 6.45) is -4.34. The molecule has 0 spiro atoms. The van der Waals surface area contributed by atoms with Crippen molar-refractivity contribution < 1.29 is 13.2 Å². The van der Waals surface area contributed by atoms with Gasteiger partial charge in [0.1, 0.15) is 0 Å². The summed E-state index contributed by atoms with van der Waals surface area (Å²) in [5, 5.41) is 11.6. The molecule has 0 atom stereocenters. The summed E-state index contributed by atoms with van der Waals surface area (Å²) in [6.45, 7) is 3.73. The molecule has 2 nitrogen and oxygen atoms in total. The second kappa shape index (κ2) is 4.66. The minimum atomic E-state index is -4.34. The maximum atomic E-state index is 12.4. The van der Waals surface area contributed by atoms with Crippen molar-refractivity contribution in [3.05, 3.63) is 29.8 Å². The predicted octanol–water partition coefficient (Wildman–Crippen LogP) is 3.67. The van der Waals surface area contributed by atoms with Crippen molar-refractivity contribution in [2.75, 3.05) is 11.9 Å². The van der Waals surface area contributed by atoms with E-state index in [0.29, 0.717) is 12.2 Å². The molecule has 1 N–H and O–H groups in total. The van der Waals surface area contributed by atoms with Crippen molar-refractivity contribution in [2.45, 2.75) is 20.0 Å². The molecule has 0 aliphatic carbocycles. The van der Waals surface area contributed by atoms with E-state index in [9.17, 15) is 13.2 Å². The molecule has 0 aliphatic rings. The van der Waals surface area contributed by atoms with E-state index >= 15 is 0 Å². The van der Waals surface area contributed by atoms with Crippen LogP contribution in [0.5, 0.6) is 0 Å². The molecular weight excluding hydrogens is 229 g/mol. The second-order valence-corrected chi connectivity index (χ2v) is 4.43. The predicted molar refractivity (Wildman–Crippen MR) is 59.3 cm³/mol. The molecule has 0 amide bonds. The molecule has 1 aromatic carbocycles. The Bertz CT molecular complexity index is 430. The van der Waals surface area contributed by atoms with E-state index in [4.69, 9.17) is 5.26 Å². The number of halogens is 3. The highest BCUT2D eigenvalue weighted by atomic mass is 19.4. The highest BCUT2D eigenvalue weighted by Crippen LogP contribution is 2.30. The number of nitriles is 1. The molecule has 0 heterocycles. The topological polar surface area (TPSA) is 35.8 Å². The van der Waals surface area contributed by atoms with Gasteiger partial charge in [0.15, 0.2) is 0 Å². The molecule has 1 rings (SSSR count). The van der Waals surface area contributed by atoms with Crippen LogP contribution in [0.2, 0.25) is 0 Å². The minimum absolute atomic E-state index is 0.296. The third kappa shape index (κ3) is 3.99. The standard InChI is InChI=1S/C12H13F3N2/c1-11(2,7-16)8-17-10-5-3-4-9(6-10)12(13,14)15/h3-6,17H,8H2,1-2H3. The molecule has 0 aliphatic heterocycles. The van der Waals surface area contributed by atoms with Gasteiger partial charge in [-0.3, -0.25) is 0 Å². The van der Waals surface area contributed by atoms with Gasteiger partial charge in [-0.05, 0) is 32.0 Å². The molecule has 1 aromatic rings. The van der Waals surface area contributed by atoms with E-state index in [1.165, 1.54) is 6.07 Å². The zero-order valence-corrected chi connectivity index (χ0v) is 9.60. The van der Waals surface area contributed by atoms with Crippen LogP contribution >= 0.6 is 0 Å². The first-order valence-electron chi connectivity index (χ1n) is 5.07. The van der Waals surface area contributed by atoms with Gasteiger partial charge in [0.05, 0.1) is 17.0 Å². The van der Waals surface area contributed by atoms with Crippen molar-refractivity contribution in [2.24, 2.45) is 5.41 Å². The Morgan fingerprint density at radius 2 is 1.94 bits per heavy atom. The zero-order valence-electron chi connectivity index (χ0n) is 9.60. The monoisotopic (exact) mass is 242 g/mol. The van der Waals surface area contributed by atoms with Crippen LogP contribution < -0.4 is 5.32 Å². The normalized spacial score (nSPS) is 12.0. The summed E-state index contributed by atoms with van der Waals surface area (Å²) in [5.41, 5.74) is -0.950. The number of nitrogens with zero attached hydrogens (tertiary/aromatic N) is 1. The molecule has 0 aromatic heterocycles. The maximum absolute atomic E-state index is 12.4. The Hall–Kier alpha value is -1.70. The van der Waals surface area contributed by atoms with Crippen LogP contribution in [0.25, 0.3) is 0 Å². The third-order valence-corrected chi connectivity index (χ3v) is 2.23. The van der Waals surface area contributed by atoms with E-state index < -0.39 is 17.2 Å². The van der Waals surface area contributed by atoms with Gasteiger partial charge < -0.3 is 5.32 Å². The molecule has 0 saturated heterocycles. The summed E-state index contributed by atoms with van der Waals surface area (Å²) in [5.74, 6) is 0. The van der Waals surface area contributed by atoms with Gasteiger partial charge >= 0.3 is 6.18 Å². The lowest BCUT2D eigenvalue weighted by Gasteiger charge is -2.17. The lowest BCUT2D eigenvalue weighted by molar-refractivity contribution is -0.137. The number of anilines is 1. The largest absolute Gasteiger partial charge is 0.416 e. The van der Waals surface area contributed by atoms with Gasteiger partial charge in [0.2, 0.25) is 0 Å². The fraction of sp³-hybridized carbons (Fsp3) is 0.417. The van der Waals surface area contributed by atoms with E-state index in [2.05, 4.69) is 11.4 Å². The van der Waals surface area contributed by atoms with E-state index in [1.807, 2.05) is 0 Å². The molecule has 92 valence electrons. The third-order valence-electron chi connectivity index (χ3n) is 2.23. The van der Waals surface area contributed by atoms with Gasteiger partial charge in [-0.15, -0.1) is 0 Å². The van der Waals surface area contributed by atoms with Crippen molar-refractivity contribution >= 4 is 5.69 Å². The number of rotatable bonds is 3. The highest BCUT2D eigenvalue weighted by Gasteiger charge is 2.30. The highest BCUT2D eigenvalue weighted by molar-refractivity contribution is 5.46. The smallest absolute Gasteiger partial charge is 0.383 e. The number of nitrogens with one attached hydrogen (secondary N) is 1. The molecule has 0 radical (unpaired) electrons. The van der Waals surface area contributed by atoms with Crippen molar-refractivity contribution in [3.8, 4) is 6.07 Å². The van der Waals surface area contributed by atoms with Gasteiger partial charge in [0, 0.05) is 12.2 Å². The first-order chi connectivity index (χ1) is 7.74. The fourth-order valence-corrected chi connectivity index (χ4v) is 1.17. The van der Waals surface area contributed by atoms with E-state index in [0.717, 1.165) is 12.1 Å². The number of alkyl halides is 3. The van der Waals surface area contributed by atoms with E-state index in [1.54, 1.807) is 19.9 Å². The summed E-state index contributed by atoms with van der Waals surface area (Å²) in [4.78, 5) is 0. The summed E-state index contributed by atoms with van der Waals surface area (Å²) >= 11 is 0. The molecule has 0 fully saturated rings. The Kier molecular flexibility index (Phi) is 3.66. The summed E-state index contributed by atoms with van der Waals surface area (Å²) in [6, 6.07) is 7.00. The summed E-state index contributed by atoms with van der Waals surface area (Å²) < 4.78 is 37.3. The molecule has 0 saturated carbocycles. The first-order valence-corrected chi connectivity index (χ1v) is 5.07. The molecule has 17 heavy (non-hydrogen) atoms. The lowest BCUT2D eigenvalue weighted by Crippen LogP contribution is -2.21. The van der Waals surface area contributed by atoms with Crippen LogP contribution in [0.15, 0.2) is 24.3 Å². The van der Waals surface area contributed by atoms with Gasteiger partial charge in [-0.2, -0.15) is 18.4 Å². The van der Waals surface area contributed by atoms with Crippen LogP contribution in [0.4, 0.5) is 18.9 Å². The van der Waals surface area contributed by atoms with Crippen LogP contribution in [0.1, 0.15) is 19.4 Å². The van der Waals surface area contributed by atoms with Crippen LogP contribution in [-0.2, 0) is 6.18 Å². The Labute approximate surface area is 98.1 Å². The number of benzene rings is 1.